The molecule has 76 valence electrons. The summed E-state index contributed by atoms with van der Waals surface area (Å²) in [5.74, 6) is -0.182. The number of rotatable bonds is 5. The highest BCUT2D eigenvalue weighted by atomic mass is 16.5. The first-order chi connectivity index (χ1) is 5.98. The number of unbranched alkanes of at least 4 members (excludes halogenated alkanes) is 2. The maximum absolute atomic E-state index is 11.2. The van der Waals surface area contributed by atoms with E-state index in [-0.39, 0.29) is 5.97 Å². The van der Waals surface area contributed by atoms with Crippen molar-refractivity contribution in [3.05, 3.63) is 0 Å². The first kappa shape index (κ1) is 12.1. The van der Waals surface area contributed by atoms with E-state index in [2.05, 4.69) is 0 Å². The number of hydrogen-bond acceptors (Lipinski definition) is 3. The van der Waals surface area contributed by atoms with Gasteiger partial charge in [-0.05, 0) is 33.6 Å². The van der Waals surface area contributed by atoms with Gasteiger partial charge in [-0.15, -0.1) is 0 Å². The summed E-state index contributed by atoms with van der Waals surface area (Å²) in [6.45, 7) is 5.88. The Morgan fingerprint density at radius 1 is 1.31 bits per heavy atom. The second kappa shape index (κ2) is 5.73. The first-order valence-electron chi connectivity index (χ1n) is 4.59. The summed E-state index contributed by atoms with van der Waals surface area (Å²) in [5.41, 5.74) is -0.426. The standard InChI is InChI=1S/C10H18O3/c1-10(2,3)9(12)13-8-6-4-5-7-11/h7H,4-6,8H2,1-3H3. The van der Waals surface area contributed by atoms with Crippen molar-refractivity contribution in [3.63, 3.8) is 0 Å². The molecule has 0 atom stereocenters. The van der Waals surface area contributed by atoms with Crippen molar-refractivity contribution in [2.45, 2.75) is 40.0 Å². The first-order valence-corrected chi connectivity index (χ1v) is 4.59. The monoisotopic (exact) mass is 186 g/mol. The molecule has 0 saturated carbocycles. The fourth-order valence-corrected chi connectivity index (χ4v) is 0.711. The summed E-state index contributed by atoms with van der Waals surface area (Å²) in [6, 6.07) is 0. The smallest absolute Gasteiger partial charge is 0.311 e. The van der Waals surface area contributed by atoms with Crippen LogP contribution in [0.1, 0.15) is 40.0 Å². The number of aldehydes is 1. The molecule has 0 unspecified atom stereocenters. The van der Waals surface area contributed by atoms with Crippen LogP contribution in [0.15, 0.2) is 0 Å². The van der Waals surface area contributed by atoms with Crippen LogP contribution in [0.2, 0.25) is 0 Å². The highest BCUT2D eigenvalue weighted by Crippen LogP contribution is 2.15. The normalized spacial score (nSPS) is 11.0. The Labute approximate surface area is 79.5 Å². The predicted molar refractivity (Wildman–Crippen MR) is 50.3 cm³/mol. The van der Waals surface area contributed by atoms with Crippen molar-refractivity contribution in [2.24, 2.45) is 5.41 Å². The summed E-state index contributed by atoms with van der Waals surface area (Å²) in [7, 11) is 0. The molecule has 0 aliphatic rings. The molecule has 0 aromatic rings. The molecule has 0 aliphatic carbocycles. The van der Waals surface area contributed by atoms with Crippen molar-refractivity contribution in [1.82, 2.24) is 0 Å². The van der Waals surface area contributed by atoms with Crippen LogP contribution in [0, 0.1) is 5.41 Å². The lowest BCUT2D eigenvalue weighted by atomic mass is 9.97. The van der Waals surface area contributed by atoms with E-state index in [0.717, 1.165) is 19.1 Å². The molecule has 0 saturated heterocycles. The van der Waals surface area contributed by atoms with E-state index in [1.165, 1.54) is 0 Å². The molecule has 0 amide bonds. The number of ether oxygens (including phenoxy) is 1. The molecule has 0 spiro atoms. The second-order valence-corrected chi connectivity index (χ2v) is 4.05. The van der Waals surface area contributed by atoms with Gasteiger partial charge in [0.1, 0.15) is 6.29 Å². The summed E-state index contributed by atoms with van der Waals surface area (Å²) in [5, 5.41) is 0. The lowest BCUT2D eigenvalue weighted by Crippen LogP contribution is -2.23. The van der Waals surface area contributed by atoms with Crippen molar-refractivity contribution in [1.29, 1.82) is 0 Å². The van der Waals surface area contributed by atoms with Gasteiger partial charge in [0.2, 0.25) is 0 Å². The van der Waals surface area contributed by atoms with E-state index in [4.69, 9.17) is 4.74 Å². The van der Waals surface area contributed by atoms with Crippen LogP contribution in [0.3, 0.4) is 0 Å². The van der Waals surface area contributed by atoms with Gasteiger partial charge in [0.05, 0.1) is 12.0 Å². The number of hydrogen-bond donors (Lipinski definition) is 0. The zero-order valence-corrected chi connectivity index (χ0v) is 8.63. The lowest BCUT2D eigenvalue weighted by molar-refractivity contribution is -0.153. The summed E-state index contributed by atoms with van der Waals surface area (Å²) < 4.78 is 5.00. The lowest BCUT2D eigenvalue weighted by Gasteiger charge is -2.16. The van der Waals surface area contributed by atoms with E-state index in [9.17, 15) is 9.59 Å². The van der Waals surface area contributed by atoms with Gasteiger partial charge in [0.25, 0.3) is 0 Å². The van der Waals surface area contributed by atoms with Crippen molar-refractivity contribution in [2.75, 3.05) is 6.61 Å². The van der Waals surface area contributed by atoms with E-state index in [1.807, 2.05) is 20.8 Å². The van der Waals surface area contributed by atoms with E-state index >= 15 is 0 Å². The van der Waals surface area contributed by atoms with Gasteiger partial charge in [-0.25, -0.2) is 0 Å². The Hall–Kier alpha value is -0.860. The zero-order valence-electron chi connectivity index (χ0n) is 8.63. The van der Waals surface area contributed by atoms with Gasteiger partial charge in [-0.2, -0.15) is 0 Å². The molecule has 3 nitrogen and oxygen atoms in total. The Morgan fingerprint density at radius 3 is 2.38 bits per heavy atom. The summed E-state index contributed by atoms with van der Waals surface area (Å²) in [4.78, 5) is 21.2. The highest BCUT2D eigenvalue weighted by molar-refractivity contribution is 5.75. The Morgan fingerprint density at radius 2 is 1.92 bits per heavy atom. The third kappa shape index (κ3) is 6.31. The molecule has 0 aromatic heterocycles. The van der Waals surface area contributed by atoms with E-state index < -0.39 is 5.41 Å². The summed E-state index contributed by atoms with van der Waals surface area (Å²) >= 11 is 0. The molecule has 13 heavy (non-hydrogen) atoms. The molecule has 0 aromatic carbocycles. The van der Waals surface area contributed by atoms with Crippen LogP contribution < -0.4 is 0 Å². The SMILES string of the molecule is CC(C)(C)C(=O)OCCCCC=O. The van der Waals surface area contributed by atoms with Crippen LogP contribution in [-0.4, -0.2) is 18.9 Å². The maximum Gasteiger partial charge on any atom is 0.311 e. The molecule has 0 aliphatic heterocycles. The fourth-order valence-electron chi connectivity index (χ4n) is 0.711. The van der Waals surface area contributed by atoms with E-state index in [1.54, 1.807) is 0 Å². The van der Waals surface area contributed by atoms with Gasteiger partial charge >= 0.3 is 5.97 Å². The third-order valence-corrected chi connectivity index (χ3v) is 1.56. The average Bonchev–Trinajstić information content (AvgIpc) is 2.02. The van der Waals surface area contributed by atoms with Gasteiger partial charge in [-0.1, -0.05) is 0 Å². The minimum atomic E-state index is -0.426. The van der Waals surface area contributed by atoms with Gasteiger partial charge in [0.15, 0.2) is 0 Å². The minimum absolute atomic E-state index is 0.182. The van der Waals surface area contributed by atoms with Crippen LogP contribution in [0.5, 0.6) is 0 Å². The average molecular weight is 186 g/mol. The van der Waals surface area contributed by atoms with Gasteiger partial charge < -0.3 is 9.53 Å². The molecule has 0 fully saturated rings. The summed E-state index contributed by atoms with van der Waals surface area (Å²) in [6.07, 6.45) is 2.99. The molecule has 0 radical (unpaired) electrons. The zero-order chi connectivity index (χ0) is 10.3. The largest absolute Gasteiger partial charge is 0.465 e. The van der Waals surface area contributed by atoms with Crippen LogP contribution in [0.4, 0.5) is 0 Å². The molecule has 0 N–H and O–H groups in total. The minimum Gasteiger partial charge on any atom is -0.465 e. The topological polar surface area (TPSA) is 43.4 Å². The molecular formula is C10H18O3. The van der Waals surface area contributed by atoms with Crippen LogP contribution in [-0.2, 0) is 14.3 Å². The van der Waals surface area contributed by atoms with E-state index in [0.29, 0.717) is 13.0 Å². The Kier molecular flexibility index (Phi) is 5.35. The highest BCUT2D eigenvalue weighted by Gasteiger charge is 2.22. The van der Waals surface area contributed by atoms with Crippen molar-refractivity contribution < 1.29 is 14.3 Å². The Balaban J connectivity index is 3.43. The number of carbonyl (C=O) groups excluding carboxylic acids is 2. The maximum atomic E-state index is 11.2. The number of esters is 1. The molecular weight excluding hydrogens is 168 g/mol. The number of carbonyl (C=O) groups is 2. The van der Waals surface area contributed by atoms with Crippen molar-refractivity contribution >= 4 is 12.3 Å². The molecule has 0 heterocycles. The van der Waals surface area contributed by atoms with Gasteiger partial charge in [0, 0.05) is 6.42 Å². The fraction of sp³-hybridized carbons (Fsp3) is 0.800. The van der Waals surface area contributed by atoms with Crippen LogP contribution >= 0.6 is 0 Å². The third-order valence-electron chi connectivity index (χ3n) is 1.56. The Bertz CT molecular complexity index is 167. The molecule has 3 heteroatoms. The molecule has 0 bridgehead atoms. The quantitative estimate of drug-likeness (QED) is 0.374. The second-order valence-electron chi connectivity index (χ2n) is 4.05. The van der Waals surface area contributed by atoms with Crippen molar-refractivity contribution in [3.8, 4) is 0 Å². The predicted octanol–water partition coefficient (Wildman–Crippen LogP) is 1.94. The van der Waals surface area contributed by atoms with Gasteiger partial charge in [-0.3, -0.25) is 4.79 Å². The molecule has 0 rings (SSSR count). The van der Waals surface area contributed by atoms with Crippen LogP contribution in [0.25, 0.3) is 0 Å².